The van der Waals surface area contributed by atoms with Gasteiger partial charge in [-0.25, -0.2) is 4.98 Å². The van der Waals surface area contributed by atoms with E-state index in [1.807, 2.05) is 24.5 Å². The molecule has 3 heteroatoms. The topological polar surface area (TPSA) is 17.8 Å². The van der Waals surface area contributed by atoms with Crippen molar-refractivity contribution < 1.29 is 0 Å². The first-order chi connectivity index (χ1) is 7.84. The van der Waals surface area contributed by atoms with Gasteiger partial charge in [0, 0.05) is 5.69 Å². The molecule has 0 N–H and O–H groups in total. The number of halogens is 1. The predicted molar refractivity (Wildman–Crippen MR) is 73.1 cm³/mol. The summed E-state index contributed by atoms with van der Waals surface area (Å²) in [7, 11) is 0. The summed E-state index contributed by atoms with van der Waals surface area (Å²) in [6.07, 6.45) is 1.87. The maximum atomic E-state index is 4.42. The summed E-state index contributed by atoms with van der Waals surface area (Å²) in [6.45, 7) is 2.08. The van der Waals surface area contributed by atoms with E-state index in [2.05, 4.69) is 46.8 Å². The number of aromatic nitrogens is 2. The van der Waals surface area contributed by atoms with Crippen LogP contribution in [0.1, 0.15) is 5.56 Å². The number of rotatable bonds is 1. The van der Waals surface area contributed by atoms with Gasteiger partial charge in [0.1, 0.15) is 6.33 Å². The number of hydrogen-bond donors (Lipinski definition) is 0. The van der Waals surface area contributed by atoms with E-state index >= 15 is 0 Å². The first-order valence-corrected chi connectivity index (χ1v) is 5.34. The third-order valence-corrected chi connectivity index (χ3v) is 2.74. The molecule has 3 rings (SSSR count). The molecule has 1 heterocycles. The molecule has 0 atom stereocenters. The molecule has 2 nitrogen and oxygen atoms in total. The second-order valence-corrected chi connectivity index (χ2v) is 3.94. The zero-order valence-electron chi connectivity index (χ0n) is 9.50. The largest absolute Gasteiger partial charge is 0.299 e. The van der Waals surface area contributed by atoms with Crippen LogP contribution in [0.4, 0.5) is 0 Å². The summed E-state index contributed by atoms with van der Waals surface area (Å²) in [5.41, 5.74) is 4.58. The molecule has 1 aromatic heterocycles. The fraction of sp³-hybridized carbons (Fsp3) is 0.0714. The minimum atomic E-state index is 0. The number of benzene rings is 2. The van der Waals surface area contributed by atoms with Crippen molar-refractivity contribution in [2.45, 2.75) is 6.92 Å². The van der Waals surface area contributed by atoms with Gasteiger partial charge in [-0.15, -0.1) is 12.4 Å². The van der Waals surface area contributed by atoms with Crippen molar-refractivity contribution >= 4 is 23.4 Å². The van der Waals surface area contributed by atoms with E-state index in [-0.39, 0.29) is 12.4 Å². The van der Waals surface area contributed by atoms with Gasteiger partial charge in [0.05, 0.1) is 11.0 Å². The van der Waals surface area contributed by atoms with Gasteiger partial charge < -0.3 is 0 Å². The zero-order valence-corrected chi connectivity index (χ0v) is 10.3. The molecule has 0 bridgehead atoms. The average molecular weight is 245 g/mol. The number of imidazole rings is 1. The van der Waals surface area contributed by atoms with Gasteiger partial charge in [0.25, 0.3) is 0 Å². The Balaban J connectivity index is 0.00000108. The lowest BCUT2D eigenvalue weighted by Crippen LogP contribution is -1.90. The van der Waals surface area contributed by atoms with Gasteiger partial charge in [-0.2, -0.15) is 0 Å². The first kappa shape index (κ1) is 11.7. The number of hydrogen-bond acceptors (Lipinski definition) is 1. The summed E-state index contributed by atoms with van der Waals surface area (Å²) >= 11 is 0. The van der Waals surface area contributed by atoms with E-state index < -0.39 is 0 Å². The fourth-order valence-corrected chi connectivity index (χ4v) is 1.92. The Morgan fingerprint density at radius 1 is 1.00 bits per heavy atom. The van der Waals surface area contributed by atoms with Gasteiger partial charge in [0.15, 0.2) is 0 Å². The molecule has 3 aromatic rings. The van der Waals surface area contributed by atoms with Gasteiger partial charge in [-0.1, -0.05) is 24.3 Å². The average Bonchev–Trinajstić information content (AvgIpc) is 2.73. The molecule has 0 unspecified atom stereocenters. The molecule has 17 heavy (non-hydrogen) atoms. The van der Waals surface area contributed by atoms with Crippen molar-refractivity contribution in [3.63, 3.8) is 0 Å². The second kappa shape index (κ2) is 4.60. The summed E-state index contributed by atoms with van der Waals surface area (Å²) < 4.78 is 2.11. The minimum absolute atomic E-state index is 0. The van der Waals surface area contributed by atoms with Gasteiger partial charge in [-0.05, 0) is 36.8 Å². The SMILES string of the molecule is Cc1ccc2c(c1)ncn2-c1ccccc1.Cl. The molecule has 0 saturated carbocycles. The molecular formula is C14H13ClN2. The third kappa shape index (κ3) is 2.04. The zero-order chi connectivity index (χ0) is 11.0. The predicted octanol–water partition coefficient (Wildman–Crippen LogP) is 3.76. The fourth-order valence-electron chi connectivity index (χ4n) is 1.92. The van der Waals surface area contributed by atoms with Crippen LogP contribution in [0.5, 0.6) is 0 Å². The number of fused-ring (bicyclic) bond motifs is 1. The Labute approximate surface area is 106 Å². The monoisotopic (exact) mass is 244 g/mol. The molecule has 2 aromatic carbocycles. The van der Waals surface area contributed by atoms with E-state index in [1.165, 1.54) is 5.56 Å². The van der Waals surface area contributed by atoms with Crippen LogP contribution in [-0.4, -0.2) is 9.55 Å². The molecular weight excluding hydrogens is 232 g/mol. The summed E-state index contributed by atoms with van der Waals surface area (Å²) in [5, 5.41) is 0. The van der Waals surface area contributed by atoms with Crippen LogP contribution in [0.2, 0.25) is 0 Å². The van der Waals surface area contributed by atoms with Crippen LogP contribution in [0.25, 0.3) is 16.7 Å². The highest BCUT2D eigenvalue weighted by Gasteiger charge is 2.03. The Morgan fingerprint density at radius 3 is 2.53 bits per heavy atom. The smallest absolute Gasteiger partial charge is 0.100 e. The molecule has 0 aliphatic rings. The van der Waals surface area contributed by atoms with Crippen LogP contribution in [0.3, 0.4) is 0 Å². The van der Waals surface area contributed by atoms with E-state index in [0.717, 1.165) is 16.7 Å². The normalized spacial score (nSPS) is 10.2. The van der Waals surface area contributed by atoms with Gasteiger partial charge in [0.2, 0.25) is 0 Å². The summed E-state index contributed by atoms with van der Waals surface area (Å²) in [5.74, 6) is 0. The molecule has 0 radical (unpaired) electrons. The van der Waals surface area contributed by atoms with Crippen LogP contribution in [0, 0.1) is 6.92 Å². The van der Waals surface area contributed by atoms with Crippen molar-refractivity contribution in [2.24, 2.45) is 0 Å². The lowest BCUT2D eigenvalue weighted by atomic mass is 10.2. The van der Waals surface area contributed by atoms with E-state index in [0.29, 0.717) is 0 Å². The van der Waals surface area contributed by atoms with Crippen molar-refractivity contribution in [3.8, 4) is 5.69 Å². The van der Waals surface area contributed by atoms with Crippen LogP contribution in [-0.2, 0) is 0 Å². The van der Waals surface area contributed by atoms with Crippen LogP contribution in [0.15, 0.2) is 54.9 Å². The highest BCUT2D eigenvalue weighted by Crippen LogP contribution is 2.18. The lowest BCUT2D eigenvalue weighted by molar-refractivity contribution is 1.09. The molecule has 0 amide bonds. The van der Waals surface area contributed by atoms with Gasteiger partial charge >= 0.3 is 0 Å². The molecule has 0 fully saturated rings. The Kier molecular flexibility index (Phi) is 3.16. The van der Waals surface area contributed by atoms with Crippen molar-refractivity contribution in [1.29, 1.82) is 0 Å². The van der Waals surface area contributed by atoms with Crippen LogP contribution >= 0.6 is 12.4 Å². The van der Waals surface area contributed by atoms with Crippen LogP contribution < -0.4 is 0 Å². The summed E-state index contributed by atoms with van der Waals surface area (Å²) in [6, 6.07) is 16.6. The standard InChI is InChI=1S/C14H12N2.ClH/c1-11-7-8-14-13(9-11)15-10-16(14)12-5-3-2-4-6-12;/h2-10H,1H3;1H. The van der Waals surface area contributed by atoms with E-state index in [1.54, 1.807) is 0 Å². The third-order valence-electron chi connectivity index (χ3n) is 2.74. The van der Waals surface area contributed by atoms with Crippen molar-refractivity contribution in [2.75, 3.05) is 0 Å². The van der Waals surface area contributed by atoms with E-state index in [4.69, 9.17) is 0 Å². The van der Waals surface area contributed by atoms with Gasteiger partial charge in [-0.3, -0.25) is 4.57 Å². The lowest BCUT2D eigenvalue weighted by Gasteiger charge is -2.03. The minimum Gasteiger partial charge on any atom is -0.299 e. The highest BCUT2D eigenvalue weighted by atomic mass is 35.5. The first-order valence-electron chi connectivity index (χ1n) is 5.34. The quantitative estimate of drug-likeness (QED) is 0.637. The van der Waals surface area contributed by atoms with Crippen molar-refractivity contribution in [1.82, 2.24) is 9.55 Å². The Hall–Kier alpha value is -1.80. The molecule has 0 aliphatic heterocycles. The number of para-hydroxylation sites is 1. The maximum absolute atomic E-state index is 4.42. The maximum Gasteiger partial charge on any atom is 0.100 e. The highest BCUT2D eigenvalue weighted by molar-refractivity contribution is 5.85. The van der Waals surface area contributed by atoms with Crippen molar-refractivity contribution in [3.05, 3.63) is 60.4 Å². The molecule has 0 spiro atoms. The number of nitrogens with zero attached hydrogens (tertiary/aromatic N) is 2. The molecule has 0 aliphatic carbocycles. The Bertz CT molecular complexity index is 629. The Morgan fingerprint density at radius 2 is 1.76 bits per heavy atom. The summed E-state index contributed by atoms with van der Waals surface area (Å²) in [4.78, 5) is 4.42. The second-order valence-electron chi connectivity index (χ2n) is 3.94. The molecule has 86 valence electrons. The number of aryl methyl sites for hydroxylation is 1. The van der Waals surface area contributed by atoms with E-state index in [9.17, 15) is 0 Å². The molecule has 0 saturated heterocycles.